The summed E-state index contributed by atoms with van der Waals surface area (Å²) in [5.74, 6) is -1.92. The molecule has 0 aromatic rings. The molecule has 0 aliphatic carbocycles. The largest absolute Gasteiger partial charge is 0.478 e. The summed E-state index contributed by atoms with van der Waals surface area (Å²) >= 11 is 0. The lowest BCUT2D eigenvalue weighted by Crippen LogP contribution is -2.55. The standard InChI is InChI=1S/C9H15NO7/c10-3-1-5(9(15)16)17-8(6(3)13)7(14)4(12)2-11/h1,3-4,6-8,11-14H,2,10H2,(H,15,16)/t3-,4-,6+,7-,8+/m1/s1. The predicted octanol–water partition coefficient (Wildman–Crippen LogP) is -3.24. The van der Waals surface area contributed by atoms with Crippen molar-refractivity contribution in [2.24, 2.45) is 5.73 Å². The minimum Gasteiger partial charge on any atom is -0.478 e. The van der Waals surface area contributed by atoms with Gasteiger partial charge in [0, 0.05) is 0 Å². The number of aliphatic hydroxyl groups excluding tert-OH is 4. The van der Waals surface area contributed by atoms with E-state index in [1.165, 1.54) is 0 Å². The van der Waals surface area contributed by atoms with E-state index in [4.69, 9.17) is 20.7 Å². The molecule has 0 fully saturated rings. The van der Waals surface area contributed by atoms with E-state index >= 15 is 0 Å². The first-order valence-corrected chi connectivity index (χ1v) is 4.91. The van der Waals surface area contributed by atoms with Crippen LogP contribution >= 0.6 is 0 Å². The van der Waals surface area contributed by atoms with Gasteiger partial charge < -0.3 is 36.0 Å². The Hall–Kier alpha value is -1.19. The molecule has 0 aromatic heterocycles. The first-order chi connectivity index (χ1) is 7.88. The highest BCUT2D eigenvalue weighted by molar-refractivity contribution is 5.84. The number of hydrogen-bond acceptors (Lipinski definition) is 7. The average Bonchev–Trinajstić information content (AvgIpc) is 2.30. The highest BCUT2D eigenvalue weighted by Crippen LogP contribution is 2.21. The monoisotopic (exact) mass is 249 g/mol. The third-order valence-corrected chi connectivity index (χ3v) is 2.47. The Balaban J connectivity index is 2.87. The van der Waals surface area contributed by atoms with Crippen molar-refractivity contribution in [2.75, 3.05) is 6.61 Å². The molecule has 1 aliphatic rings. The molecule has 7 N–H and O–H groups in total. The lowest BCUT2D eigenvalue weighted by Gasteiger charge is -2.35. The fraction of sp³-hybridized carbons (Fsp3) is 0.667. The fourth-order valence-electron chi connectivity index (χ4n) is 1.47. The van der Waals surface area contributed by atoms with Crippen molar-refractivity contribution in [1.29, 1.82) is 0 Å². The number of ether oxygens (including phenoxy) is 1. The zero-order chi connectivity index (χ0) is 13.2. The van der Waals surface area contributed by atoms with Crippen LogP contribution in [0.2, 0.25) is 0 Å². The molecule has 1 aliphatic heterocycles. The quantitative estimate of drug-likeness (QED) is 0.304. The smallest absolute Gasteiger partial charge is 0.370 e. The molecule has 0 spiro atoms. The topological polar surface area (TPSA) is 153 Å². The maximum absolute atomic E-state index is 10.7. The lowest BCUT2D eigenvalue weighted by molar-refractivity contribution is -0.154. The molecular weight excluding hydrogens is 234 g/mol. The highest BCUT2D eigenvalue weighted by atomic mass is 16.5. The van der Waals surface area contributed by atoms with Crippen molar-refractivity contribution >= 4 is 5.97 Å². The molecule has 0 amide bonds. The van der Waals surface area contributed by atoms with Gasteiger partial charge >= 0.3 is 5.97 Å². The SMILES string of the molecule is N[C@@H]1C=C(C(=O)O)O[C@H]([C@H](O)[C@H](O)CO)[C@H]1O. The van der Waals surface area contributed by atoms with Crippen molar-refractivity contribution in [3.8, 4) is 0 Å². The molecule has 0 unspecified atom stereocenters. The van der Waals surface area contributed by atoms with Crippen LogP contribution in [-0.4, -0.2) is 68.6 Å². The van der Waals surface area contributed by atoms with Gasteiger partial charge in [-0.05, 0) is 6.08 Å². The molecule has 5 atom stereocenters. The van der Waals surface area contributed by atoms with Gasteiger partial charge in [0.1, 0.15) is 18.3 Å². The Bertz CT molecular complexity index is 318. The van der Waals surface area contributed by atoms with Crippen LogP contribution < -0.4 is 5.73 Å². The Morgan fingerprint density at radius 3 is 2.59 bits per heavy atom. The van der Waals surface area contributed by atoms with Crippen molar-refractivity contribution in [2.45, 2.75) is 30.5 Å². The van der Waals surface area contributed by atoms with Crippen molar-refractivity contribution in [3.05, 3.63) is 11.8 Å². The normalized spacial score (nSPS) is 32.3. The van der Waals surface area contributed by atoms with Crippen LogP contribution in [0.5, 0.6) is 0 Å². The molecule has 8 nitrogen and oxygen atoms in total. The molecular formula is C9H15NO7. The maximum atomic E-state index is 10.7. The van der Waals surface area contributed by atoms with Gasteiger partial charge in [0.05, 0.1) is 12.6 Å². The molecule has 1 heterocycles. The first-order valence-electron chi connectivity index (χ1n) is 4.91. The van der Waals surface area contributed by atoms with E-state index in [2.05, 4.69) is 0 Å². The second-order valence-corrected chi connectivity index (χ2v) is 3.73. The number of aliphatic hydroxyl groups is 4. The minimum atomic E-state index is -1.65. The Morgan fingerprint density at radius 1 is 1.53 bits per heavy atom. The van der Waals surface area contributed by atoms with Crippen LogP contribution in [-0.2, 0) is 9.53 Å². The minimum absolute atomic E-state index is 0.517. The van der Waals surface area contributed by atoms with Crippen molar-refractivity contribution < 1.29 is 35.1 Å². The Morgan fingerprint density at radius 2 is 2.12 bits per heavy atom. The lowest BCUT2D eigenvalue weighted by atomic mass is 9.95. The molecule has 0 radical (unpaired) electrons. The van der Waals surface area contributed by atoms with Crippen LogP contribution in [0.4, 0.5) is 0 Å². The van der Waals surface area contributed by atoms with E-state index in [0.717, 1.165) is 6.08 Å². The van der Waals surface area contributed by atoms with Gasteiger partial charge in [-0.3, -0.25) is 0 Å². The second-order valence-electron chi connectivity index (χ2n) is 3.73. The van der Waals surface area contributed by atoms with Crippen LogP contribution in [0.3, 0.4) is 0 Å². The fourth-order valence-corrected chi connectivity index (χ4v) is 1.47. The van der Waals surface area contributed by atoms with E-state index in [1.807, 2.05) is 0 Å². The van der Waals surface area contributed by atoms with E-state index in [1.54, 1.807) is 0 Å². The number of carboxylic acid groups (broad SMARTS) is 1. The van der Waals surface area contributed by atoms with E-state index in [9.17, 15) is 20.1 Å². The Labute approximate surface area is 96.5 Å². The van der Waals surface area contributed by atoms with Gasteiger partial charge in [-0.15, -0.1) is 0 Å². The van der Waals surface area contributed by atoms with Crippen LogP contribution in [0.15, 0.2) is 11.8 Å². The summed E-state index contributed by atoms with van der Waals surface area (Å²) < 4.78 is 4.83. The predicted molar refractivity (Wildman–Crippen MR) is 53.7 cm³/mol. The van der Waals surface area contributed by atoms with Gasteiger partial charge in [0.15, 0.2) is 6.10 Å². The molecule has 0 saturated carbocycles. The van der Waals surface area contributed by atoms with Crippen molar-refractivity contribution in [1.82, 2.24) is 0 Å². The van der Waals surface area contributed by atoms with Crippen molar-refractivity contribution in [3.63, 3.8) is 0 Å². The molecule has 0 saturated heterocycles. The third kappa shape index (κ3) is 2.93. The summed E-state index contributed by atoms with van der Waals surface area (Å²) in [5.41, 5.74) is 5.45. The van der Waals surface area contributed by atoms with Crippen LogP contribution in [0.25, 0.3) is 0 Å². The molecule has 98 valence electrons. The maximum Gasteiger partial charge on any atom is 0.370 e. The zero-order valence-corrected chi connectivity index (χ0v) is 8.80. The number of aliphatic carboxylic acids is 1. The summed E-state index contributed by atoms with van der Waals surface area (Å²) in [4.78, 5) is 10.7. The van der Waals surface area contributed by atoms with Crippen LogP contribution in [0.1, 0.15) is 0 Å². The van der Waals surface area contributed by atoms with Gasteiger partial charge in [-0.25, -0.2) is 4.79 Å². The number of carbonyl (C=O) groups is 1. The summed E-state index contributed by atoms with van der Waals surface area (Å²) in [6.45, 7) is -0.755. The zero-order valence-electron chi connectivity index (χ0n) is 8.80. The van der Waals surface area contributed by atoms with Gasteiger partial charge in [-0.1, -0.05) is 0 Å². The Kier molecular flexibility index (Phi) is 4.43. The van der Waals surface area contributed by atoms with Gasteiger partial charge in [-0.2, -0.15) is 0 Å². The van der Waals surface area contributed by atoms with E-state index in [-0.39, 0.29) is 0 Å². The van der Waals surface area contributed by atoms with Crippen LogP contribution in [0, 0.1) is 0 Å². The summed E-state index contributed by atoms with van der Waals surface area (Å²) in [5, 5.41) is 45.7. The number of nitrogens with two attached hydrogens (primary N) is 1. The molecule has 0 bridgehead atoms. The number of rotatable bonds is 4. The van der Waals surface area contributed by atoms with Gasteiger partial charge in [0.25, 0.3) is 0 Å². The molecule has 8 heteroatoms. The number of carboxylic acids is 1. The second kappa shape index (κ2) is 5.43. The molecule has 17 heavy (non-hydrogen) atoms. The summed E-state index contributed by atoms with van der Waals surface area (Å²) in [6, 6.07) is -1.04. The van der Waals surface area contributed by atoms with E-state index in [0.29, 0.717) is 0 Å². The molecule has 0 aromatic carbocycles. The van der Waals surface area contributed by atoms with E-state index < -0.39 is 48.8 Å². The third-order valence-electron chi connectivity index (χ3n) is 2.47. The average molecular weight is 249 g/mol. The molecule has 1 rings (SSSR count). The highest BCUT2D eigenvalue weighted by Gasteiger charge is 2.40. The first kappa shape index (κ1) is 13.9. The van der Waals surface area contributed by atoms with Gasteiger partial charge in [0.2, 0.25) is 5.76 Å². The summed E-state index contributed by atoms with van der Waals surface area (Å²) in [7, 11) is 0. The summed E-state index contributed by atoms with van der Waals surface area (Å²) in [6.07, 6.45) is -5.00. The number of hydrogen-bond donors (Lipinski definition) is 6.